The van der Waals surface area contributed by atoms with Crippen molar-refractivity contribution in [2.24, 2.45) is 0 Å². The number of amides is 1. The minimum absolute atomic E-state index is 0.0231. The lowest BCUT2D eigenvalue weighted by molar-refractivity contribution is -0.0497. The predicted octanol–water partition coefficient (Wildman–Crippen LogP) is 3.51. The van der Waals surface area contributed by atoms with Gasteiger partial charge in [-0.15, -0.1) is 15.0 Å². The molecular weight excluding hydrogens is 454 g/mol. The normalized spacial score (nSPS) is 11.2. The molecule has 166 valence electrons. The number of hydrogen-bond donors (Lipinski definition) is 1. The molecule has 0 unspecified atom stereocenters. The van der Waals surface area contributed by atoms with E-state index in [1.54, 1.807) is 18.3 Å². The Morgan fingerprint density at radius 1 is 1.12 bits per heavy atom. The van der Waals surface area contributed by atoms with E-state index in [0.29, 0.717) is 21.2 Å². The zero-order valence-corrected chi connectivity index (χ0v) is 17.5. The summed E-state index contributed by atoms with van der Waals surface area (Å²) in [6.45, 7) is -2.75. The lowest BCUT2D eigenvalue weighted by Crippen LogP contribution is -2.15. The van der Waals surface area contributed by atoms with Crippen molar-refractivity contribution in [1.29, 1.82) is 0 Å². The third-order valence-corrected chi connectivity index (χ3v) is 5.37. The van der Waals surface area contributed by atoms with Gasteiger partial charge in [0, 0.05) is 11.8 Å². The molecule has 0 aliphatic rings. The second-order valence-electron chi connectivity index (χ2n) is 6.71. The molecule has 13 heteroatoms. The molecular formula is C20H14F2N8O2S. The van der Waals surface area contributed by atoms with Gasteiger partial charge in [0.05, 0.1) is 10.2 Å². The lowest BCUT2D eigenvalue weighted by Gasteiger charge is -2.02. The molecule has 1 amide bonds. The number of fused-ring (bicyclic) bond motifs is 1. The highest BCUT2D eigenvalue weighted by Crippen LogP contribution is 2.30. The summed E-state index contributed by atoms with van der Waals surface area (Å²) in [7, 11) is 0. The van der Waals surface area contributed by atoms with E-state index in [9.17, 15) is 13.6 Å². The van der Waals surface area contributed by atoms with E-state index < -0.39 is 12.5 Å². The van der Waals surface area contributed by atoms with Gasteiger partial charge in [-0.05, 0) is 29.5 Å². The third kappa shape index (κ3) is 4.67. The second kappa shape index (κ2) is 8.70. The van der Waals surface area contributed by atoms with Crippen LogP contribution in [0.3, 0.4) is 0 Å². The van der Waals surface area contributed by atoms with Crippen molar-refractivity contribution in [3.05, 3.63) is 66.5 Å². The van der Waals surface area contributed by atoms with Crippen molar-refractivity contribution in [2.45, 2.75) is 13.3 Å². The topological polar surface area (TPSA) is 113 Å². The zero-order valence-electron chi connectivity index (χ0n) is 16.7. The van der Waals surface area contributed by atoms with Gasteiger partial charge in [0.2, 0.25) is 5.82 Å². The first-order chi connectivity index (χ1) is 16.0. The first kappa shape index (κ1) is 20.6. The van der Waals surface area contributed by atoms with Crippen LogP contribution in [0.5, 0.6) is 5.75 Å². The van der Waals surface area contributed by atoms with E-state index in [1.807, 2.05) is 30.3 Å². The molecule has 10 nitrogen and oxygen atoms in total. The second-order valence-corrected chi connectivity index (χ2v) is 7.75. The highest BCUT2D eigenvalue weighted by atomic mass is 32.1. The molecule has 0 spiro atoms. The van der Waals surface area contributed by atoms with Gasteiger partial charge in [-0.3, -0.25) is 10.1 Å². The van der Waals surface area contributed by atoms with Crippen LogP contribution in [0, 0.1) is 0 Å². The Bertz CT molecular complexity index is 1420. The molecule has 0 atom stereocenters. The first-order valence-electron chi connectivity index (χ1n) is 9.57. The van der Waals surface area contributed by atoms with Gasteiger partial charge in [0.25, 0.3) is 5.91 Å². The molecule has 0 aliphatic heterocycles. The quantitative estimate of drug-likeness (QED) is 0.389. The minimum Gasteiger partial charge on any atom is -0.435 e. The fraction of sp³-hybridized carbons (Fsp3) is 0.100. The van der Waals surface area contributed by atoms with Crippen LogP contribution in [-0.2, 0) is 6.67 Å². The molecule has 0 fully saturated rings. The van der Waals surface area contributed by atoms with Crippen molar-refractivity contribution < 1.29 is 18.3 Å². The Hall–Kier alpha value is -4.26. The molecule has 0 saturated carbocycles. The fourth-order valence-electron chi connectivity index (χ4n) is 2.99. The summed E-state index contributed by atoms with van der Waals surface area (Å²) in [6, 6.07) is 15.4. The number of tetrazole rings is 1. The maximum absolute atomic E-state index is 12.6. The van der Waals surface area contributed by atoms with Crippen LogP contribution in [0.1, 0.15) is 10.5 Å². The maximum atomic E-state index is 12.6. The Kier molecular flexibility index (Phi) is 5.44. The van der Waals surface area contributed by atoms with Crippen LogP contribution in [0.2, 0.25) is 0 Å². The predicted molar refractivity (Wildman–Crippen MR) is 115 cm³/mol. The number of nitrogens with one attached hydrogen (secondary N) is 1. The van der Waals surface area contributed by atoms with Crippen molar-refractivity contribution >= 4 is 32.6 Å². The molecule has 0 saturated heterocycles. The smallest absolute Gasteiger partial charge is 0.387 e. The molecule has 0 bridgehead atoms. The van der Waals surface area contributed by atoms with Gasteiger partial charge in [0.1, 0.15) is 5.75 Å². The van der Waals surface area contributed by atoms with Gasteiger partial charge in [-0.25, -0.2) is 9.67 Å². The van der Waals surface area contributed by atoms with Crippen molar-refractivity contribution in [3.63, 3.8) is 0 Å². The van der Waals surface area contributed by atoms with Gasteiger partial charge >= 0.3 is 6.61 Å². The molecule has 33 heavy (non-hydrogen) atoms. The summed E-state index contributed by atoms with van der Waals surface area (Å²) in [6.07, 6.45) is 1.62. The molecule has 5 aromatic rings. The summed E-state index contributed by atoms with van der Waals surface area (Å²) in [5, 5.41) is 19.6. The largest absolute Gasteiger partial charge is 0.435 e. The number of ether oxygens (including phenoxy) is 1. The van der Waals surface area contributed by atoms with Crippen molar-refractivity contribution in [1.82, 2.24) is 35.0 Å². The number of aromatic nitrogens is 7. The van der Waals surface area contributed by atoms with Crippen LogP contribution >= 0.6 is 11.3 Å². The Morgan fingerprint density at radius 3 is 2.79 bits per heavy atom. The number of halogens is 2. The highest BCUT2D eigenvalue weighted by molar-refractivity contribution is 7.22. The SMILES string of the molecule is O=C(Nc1nc2ccc(OC(F)F)cc2s1)c1ccn(Cn2nnc(-c3ccccc3)n2)n1. The average Bonchev–Trinajstić information content (AvgIpc) is 3.54. The molecule has 2 aromatic carbocycles. The minimum atomic E-state index is -2.91. The van der Waals surface area contributed by atoms with Gasteiger partial charge in [-0.1, -0.05) is 41.7 Å². The fourth-order valence-corrected chi connectivity index (χ4v) is 3.88. The summed E-state index contributed by atoms with van der Waals surface area (Å²) in [4.78, 5) is 18.2. The summed E-state index contributed by atoms with van der Waals surface area (Å²) >= 11 is 1.14. The van der Waals surface area contributed by atoms with Crippen LogP contribution in [0.25, 0.3) is 21.6 Å². The molecule has 3 heterocycles. The standard InChI is InChI=1S/C20H14F2N8O2S/c21-19(22)32-13-6-7-14-16(10-13)33-20(23-14)24-18(31)15-8-9-29(26-15)11-30-27-17(25-28-30)12-4-2-1-3-5-12/h1-10,19H,11H2,(H,23,24,31). The molecule has 5 rings (SSSR count). The molecule has 3 aromatic heterocycles. The average molecular weight is 468 g/mol. The highest BCUT2D eigenvalue weighted by Gasteiger charge is 2.14. The van der Waals surface area contributed by atoms with Gasteiger partial charge in [-0.2, -0.15) is 13.9 Å². The Balaban J connectivity index is 1.25. The van der Waals surface area contributed by atoms with Gasteiger partial charge in [0.15, 0.2) is 17.5 Å². The van der Waals surface area contributed by atoms with Crippen molar-refractivity contribution in [3.8, 4) is 17.1 Å². The number of carbonyl (C=O) groups is 1. The molecule has 0 radical (unpaired) electrons. The number of benzene rings is 2. The number of thiazole rings is 1. The lowest BCUT2D eigenvalue weighted by atomic mass is 10.2. The zero-order chi connectivity index (χ0) is 22.8. The van der Waals surface area contributed by atoms with Crippen LogP contribution in [0.15, 0.2) is 60.8 Å². The number of hydrogen-bond acceptors (Lipinski definition) is 8. The summed E-state index contributed by atoms with van der Waals surface area (Å²) in [5.41, 5.74) is 1.56. The van der Waals surface area contributed by atoms with E-state index in [2.05, 4.69) is 35.5 Å². The molecule has 0 aliphatic carbocycles. The number of carbonyl (C=O) groups excluding carboxylic acids is 1. The third-order valence-electron chi connectivity index (χ3n) is 4.44. The Morgan fingerprint density at radius 2 is 1.97 bits per heavy atom. The first-order valence-corrected chi connectivity index (χ1v) is 10.4. The summed E-state index contributed by atoms with van der Waals surface area (Å²) < 4.78 is 31.3. The van der Waals surface area contributed by atoms with Crippen molar-refractivity contribution in [2.75, 3.05) is 5.32 Å². The molecule has 1 N–H and O–H groups in total. The van der Waals surface area contributed by atoms with Crippen LogP contribution in [-0.4, -0.2) is 47.5 Å². The van der Waals surface area contributed by atoms with E-state index in [-0.39, 0.29) is 18.1 Å². The van der Waals surface area contributed by atoms with Gasteiger partial charge < -0.3 is 4.74 Å². The number of alkyl halides is 2. The van der Waals surface area contributed by atoms with E-state index in [4.69, 9.17) is 0 Å². The monoisotopic (exact) mass is 468 g/mol. The summed E-state index contributed by atoms with van der Waals surface area (Å²) in [5.74, 6) is 0.0435. The van der Waals surface area contributed by atoms with E-state index in [1.165, 1.54) is 21.6 Å². The number of nitrogens with zero attached hydrogens (tertiary/aromatic N) is 7. The number of rotatable bonds is 7. The number of anilines is 1. The van der Waals surface area contributed by atoms with E-state index in [0.717, 1.165) is 16.9 Å². The maximum Gasteiger partial charge on any atom is 0.387 e. The van der Waals surface area contributed by atoms with Crippen LogP contribution < -0.4 is 10.1 Å². The van der Waals surface area contributed by atoms with Crippen LogP contribution in [0.4, 0.5) is 13.9 Å². The Labute approximate surface area is 188 Å². The van der Waals surface area contributed by atoms with E-state index >= 15 is 0 Å².